The van der Waals surface area contributed by atoms with Crippen LogP contribution >= 0.6 is 11.3 Å². The summed E-state index contributed by atoms with van der Waals surface area (Å²) >= 11 is 1.66. The van der Waals surface area contributed by atoms with Crippen LogP contribution in [0.25, 0.3) is 16.2 Å². The summed E-state index contributed by atoms with van der Waals surface area (Å²) in [6.45, 7) is 4.76. The first-order valence-electron chi connectivity index (χ1n) is 8.12. The van der Waals surface area contributed by atoms with E-state index in [0.29, 0.717) is 0 Å². The van der Waals surface area contributed by atoms with Crippen molar-refractivity contribution >= 4 is 22.8 Å². The minimum atomic E-state index is 0.789. The van der Waals surface area contributed by atoms with Gasteiger partial charge in [-0.15, -0.1) is 11.3 Å². The second-order valence-corrected chi connectivity index (χ2v) is 6.75. The van der Waals surface area contributed by atoms with Gasteiger partial charge < -0.3 is 5.32 Å². The SMILES string of the molecule is Cc1cc(NCCc2csc(-c3ccncc3)n2)n2nc(C)cc2n1. The molecular weight excluding hydrogens is 332 g/mol. The molecule has 4 aromatic heterocycles. The number of aromatic nitrogens is 5. The lowest BCUT2D eigenvalue weighted by Crippen LogP contribution is -2.10. The van der Waals surface area contributed by atoms with Gasteiger partial charge in [0.25, 0.3) is 0 Å². The molecule has 0 radical (unpaired) electrons. The Bertz CT molecular complexity index is 1010. The van der Waals surface area contributed by atoms with Crippen molar-refractivity contribution in [3.05, 3.63) is 59.1 Å². The van der Waals surface area contributed by atoms with Crippen LogP contribution in [0.1, 0.15) is 17.1 Å². The summed E-state index contributed by atoms with van der Waals surface area (Å²) in [7, 11) is 0. The Morgan fingerprint density at radius 1 is 1.08 bits per heavy atom. The molecular formula is C18H18N6S. The van der Waals surface area contributed by atoms with Gasteiger partial charge >= 0.3 is 0 Å². The molecule has 4 aromatic rings. The molecule has 6 nitrogen and oxygen atoms in total. The molecule has 0 aliphatic heterocycles. The highest BCUT2D eigenvalue weighted by Gasteiger charge is 2.07. The molecule has 0 fully saturated rings. The molecule has 0 saturated heterocycles. The summed E-state index contributed by atoms with van der Waals surface area (Å²) in [6, 6.07) is 7.97. The van der Waals surface area contributed by atoms with E-state index in [1.165, 1.54) is 0 Å². The van der Waals surface area contributed by atoms with Crippen molar-refractivity contribution in [2.24, 2.45) is 0 Å². The summed E-state index contributed by atoms with van der Waals surface area (Å²) in [5.41, 5.74) is 5.00. The van der Waals surface area contributed by atoms with Crippen LogP contribution in [0.15, 0.2) is 42.0 Å². The Morgan fingerprint density at radius 3 is 2.76 bits per heavy atom. The molecule has 126 valence electrons. The largest absolute Gasteiger partial charge is 0.370 e. The molecule has 0 spiro atoms. The van der Waals surface area contributed by atoms with Crippen molar-refractivity contribution in [1.82, 2.24) is 24.6 Å². The van der Waals surface area contributed by atoms with Crippen molar-refractivity contribution in [1.29, 1.82) is 0 Å². The van der Waals surface area contributed by atoms with Gasteiger partial charge in [-0.25, -0.2) is 9.97 Å². The molecule has 4 heterocycles. The molecule has 0 bridgehead atoms. The standard InChI is InChI=1S/C18H18N6S/c1-12-9-16(24-17(21-12)10-13(2)23-24)20-8-5-15-11-25-18(22-15)14-3-6-19-7-4-14/h3-4,6-7,9-11,20H,5,8H2,1-2H3. The summed E-state index contributed by atoms with van der Waals surface area (Å²) < 4.78 is 1.85. The Hall–Kier alpha value is -2.80. The Balaban J connectivity index is 1.46. The third-order valence-corrected chi connectivity index (χ3v) is 4.78. The lowest BCUT2D eigenvalue weighted by atomic mass is 10.3. The number of rotatable bonds is 5. The van der Waals surface area contributed by atoms with Crippen molar-refractivity contribution in [2.75, 3.05) is 11.9 Å². The first-order valence-corrected chi connectivity index (χ1v) is 9.00. The number of nitrogens with one attached hydrogen (secondary N) is 1. The number of nitrogens with zero attached hydrogens (tertiary/aromatic N) is 5. The molecule has 0 saturated carbocycles. The van der Waals surface area contributed by atoms with Gasteiger partial charge in [-0.3, -0.25) is 4.98 Å². The molecule has 4 rings (SSSR count). The predicted molar refractivity (Wildman–Crippen MR) is 100.0 cm³/mol. The zero-order valence-electron chi connectivity index (χ0n) is 14.1. The fraction of sp³-hybridized carbons (Fsp3) is 0.222. The van der Waals surface area contributed by atoms with Crippen LogP contribution in [-0.4, -0.2) is 31.1 Å². The number of anilines is 1. The zero-order valence-corrected chi connectivity index (χ0v) is 14.9. The van der Waals surface area contributed by atoms with E-state index in [1.54, 1.807) is 23.7 Å². The lowest BCUT2D eigenvalue weighted by molar-refractivity contribution is 0.887. The number of aryl methyl sites for hydroxylation is 2. The smallest absolute Gasteiger partial charge is 0.157 e. The van der Waals surface area contributed by atoms with Crippen LogP contribution in [0.3, 0.4) is 0 Å². The second kappa shape index (κ2) is 6.60. The average Bonchev–Trinajstić information content (AvgIpc) is 3.21. The monoisotopic (exact) mass is 350 g/mol. The van der Waals surface area contributed by atoms with Gasteiger partial charge in [0, 0.05) is 54.1 Å². The summed E-state index contributed by atoms with van der Waals surface area (Å²) in [6.07, 6.45) is 4.44. The number of hydrogen-bond donors (Lipinski definition) is 1. The van der Waals surface area contributed by atoms with Gasteiger partial charge in [-0.2, -0.15) is 9.61 Å². The first kappa shape index (κ1) is 15.7. The predicted octanol–water partition coefficient (Wildman–Crippen LogP) is 3.52. The maximum absolute atomic E-state index is 4.71. The minimum absolute atomic E-state index is 0.789. The highest BCUT2D eigenvalue weighted by molar-refractivity contribution is 7.13. The maximum atomic E-state index is 4.71. The normalized spacial score (nSPS) is 11.1. The highest BCUT2D eigenvalue weighted by atomic mass is 32.1. The maximum Gasteiger partial charge on any atom is 0.157 e. The average molecular weight is 350 g/mol. The van der Waals surface area contributed by atoms with Gasteiger partial charge in [0.1, 0.15) is 10.8 Å². The van der Waals surface area contributed by atoms with Gasteiger partial charge in [0.15, 0.2) is 5.65 Å². The van der Waals surface area contributed by atoms with Gasteiger partial charge in [0.05, 0.1) is 11.4 Å². The summed E-state index contributed by atoms with van der Waals surface area (Å²) in [5, 5.41) is 11.1. The quantitative estimate of drug-likeness (QED) is 0.596. The van der Waals surface area contributed by atoms with Crippen LogP contribution < -0.4 is 5.32 Å². The number of pyridine rings is 1. The number of fused-ring (bicyclic) bond motifs is 1. The zero-order chi connectivity index (χ0) is 17.2. The van der Waals surface area contributed by atoms with Crippen molar-refractivity contribution in [3.8, 4) is 10.6 Å². The molecule has 0 atom stereocenters. The highest BCUT2D eigenvalue weighted by Crippen LogP contribution is 2.23. The van der Waals surface area contributed by atoms with Crippen LogP contribution in [0, 0.1) is 13.8 Å². The fourth-order valence-electron chi connectivity index (χ4n) is 2.71. The van der Waals surface area contributed by atoms with E-state index < -0.39 is 0 Å². The van der Waals surface area contributed by atoms with Gasteiger partial charge in [0.2, 0.25) is 0 Å². The molecule has 0 aliphatic carbocycles. The molecule has 0 unspecified atom stereocenters. The number of thiazole rings is 1. The van der Waals surface area contributed by atoms with E-state index in [2.05, 4.69) is 25.8 Å². The third-order valence-electron chi connectivity index (χ3n) is 3.84. The minimum Gasteiger partial charge on any atom is -0.370 e. The van der Waals surface area contributed by atoms with Crippen molar-refractivity contribution < 1.29 is 0 Å². The van der Waals surface area contributed by atoms with Crippen LogP contribution in [0.4, 0.5) is 5.82 Å². The Kier molecular flexibility index (Phi) is 4.15. The van der Waals surface area contributed by atoms with E-state index in [9.17, 15) is 0 Å². The molecule has 0 aliphatic rings. The van der Waals surface area contributed by atoms with Crippen molar-refractivity contribution in [2.45, 2.75) is 20.3 Å². The second-order valence-electron chi connectivity index (χ2n) is 5.90. The first-order chi connectivity index (χ1) is 12.2. The van der Waals surface area contributed by atoms with Crippen LogP contribution in [0.5, 0.6) is 0 Å². The van der Waals surface area contributed by atoms with E-state index in [-0.39, 0.29) is 0 Å². The van der Waals surface area contributed by atoms with E-state index in [0.717, 1.165) is 52.1 Å². The molecule has 0 amide bonds. The van der Waals surface area contributed by atoms with Crippen LogP contribution in [0.2, 0.25) is 0 Å². The number of hydrogen-bond acceptors (Lipinski definition) is 6. The molecule has 1 N–H and O–H groups in total. The fourth-order valence-corrected chi connectivity index (χ4v) is 3.57. The van der Waals surface area contributed by atoms with E-state index in [1.807, 2.05) is 42.6 Å². The molecule has 7 heteroatoms. The van der Waals surface area contributed by atoms with E-state index >= 15 is 0 Å². The molecule has 0 aromatic carbocycles. The topological polar surface area (TPSA) is 68.0 Å². The summed E-state index contributed by atoms with van der Waals surface area (Å²) in [4.78, 5) is 13.3. The van der Waals surface area contributed by atoms with Gasteiger partial charge in [-0.05, 0) is 26.0 Å². The third kappa shape index (κ3) is 3.36. The molecule has 25 heavy (non-hydrogen) atoms. The summed E-state index contributed by atoms with van der Waals surface area (Å²) in [5.74, 6) is 0.959. The van der Waals surface area contributed by atoms with Crippen molar-refractivity contribution in [3.63, 3.8) is 0 Å². The van der Waals surface area contributed by atoms with Crippen LogP contribution in [-0.2, 0) is 6.42 Å². The Labute approximate surface area is 149 Å². The lowest BCUT2D eigenvalue weighted by Gasteiger charge is -2.08. The van der Waals surface area contributed by atoms with E-state index in [4.69, 9.17) is 4.98 Å². The Morgan fingerprint density at radius 2 is 1.92 bits per heavy atom. The van der Waals surface area contributed by atoms with Gasteiger partial charge in [-0.1, -0.05) is 0 Å².